The maximum Gasteiger partial charge on any atom is 0.101 e. The minimum atomic E-state index is 0.596. The van der Waals surface area contributed by atoms with E-state index in [9.17, 15) is 10.5 Å². The third kappa shape index (κ3) is 3.64. The molecule has 2 aromatic heterocycles. The van der Waals surface area contributed by atoms with Crippen LogP contribution in [0.15, 0.2) is 127 Å². The SMILES string of the molecule is N#Cc1ccc2c(c1)c1ccccc1n2-c1c(C#N)cccc1-c1ccc(-c2ccc3sc4ccccc4c3c2)cc1. The molecule has 8 aromatic rings. The van der Waals surface area contributed by atoms with E-state index in [1.165, 1.54) is 25.7 Å². The van der Waals surface area contributed by atoms with E-state index < -0.39 is 0 Å². The van der Waals surface area contributed by atoms with Gasteiger partial charge in [0.1, 0.15) is 6.07 Å². The summed E-state index contributed by atoms with van der Waals surface area (Å²) in [5.74, 6) is 0. The zero-order valence-electron chi connectivity index (χ0n) is 22.4. The van der Waals surface area contributed by atoms with Gasteiger partial charge < -0.3 is 4.57 Å². The zero-order valence-corrected chi connectivity index (χ0v) is 23.2. The number of benzene rings is 6. The van der Waals surface area contributed by atoms with Gasteiger partial charge in [-0.15, -0.1) is 11.3 Å². The minimum absolute atomic E-state index is 0.596. The molecule has 0 atom stereocenters. The summed E-state index contributed by atoms with van der Waals surface area (Å²) in [6.07, 6.45) is 0. The first-order chi connectivity index (χ1) is 20.7. The average Bonchev–Trinajstić information content (AvgIpc) is 3.59. The van der Waals surface area contributed by atoms with Crippen molar-refractivity contribution in [3.05, 3.63) is 139 Å². The maximum absolute atomic E-state index is 10.2. The number of hydrogen-bond donors (Lipinski definition) is 0. The fourth-order valence-electron chi connectivity index (χ4n) is 6.14. The second kappa shape index (κ2) is 9.46. The Hall–Kier alpha value is -5.68. The Labute approximate surface area is 246 Å². The average molecular weight is 552 g/mol. The standard InChI is InChI=1S/C38H21N3S/c39-22-24-12-18-35-32(20-24)30-7-1-3-10-34(30)41(35)38-28(23-40)6-5-9-29(38)26-15-13-25(14-16-26)27-17-19-37-33(21-27)31-8-2-4-11-36(31)42-37/h1-21H. The molecule has 0 aliphatic carbocycles. The first-order valence-corrected chi connectivity index (χ1v) is 14.5. The number of hydrogen-bond acceptors (Lipinski definition) is 3. The number of aromatic nitrogens is 1. The number of thiophene rings is 1. The van der Waals surface area contributed by atoms with Gasteiger partial charge in [-0.1, -0.05) is 78.9 Å². The smallest absolute Gasteiger partial charge is 0.101 e. The molecule has 0 saturated carbocycles. The van der Waals surface area contributed by atoms with Gasteiger partial charge in [-0.2, -0.15) is 10.5 Å². The fraction of sp³-hybridized carbons (Fsp3) is 0. The van der Waals surface area contributed by atoms with Gasteiger partial charge in [-0.3, -0.25) is 0 Å². The Kier molecular flexibility index (Phi) is 5.44. The monoisotopic (exact) mass is 551 g/mol. The molecule has 6 aromatic carbocycles. The molecule has 0 amide bonds. The lowest BCUT2D eigenvalue weighted by molar-refractivity contribution is 1.17. The van der Waals surface area contributed by atoms with Gasteiger partial charge in [0.2, 0.25) is 0 Å². The molecular weight excluding hydrogens is 531 g/mol. The lowest BCUT2D eigenvalue weighted by atomic mass is 9.96. The van der Waals surface area contributed by atoms with Crippen LogP contribution < -0.4 is 0 Å². The fourth-order valence-corrected chi connectivity index (χ4v) is 7.23. The van der Waals surface area contributed by atoms with Crippen LogP contribution in [0.4, 0.5) is 0 Å². The summed E-state index contributed by atoms with van der Waals surface area (Å²) < 4.78 is 4.77. The van der Waals surface area contributed by atoms with Crippen LogP contribution in [0, 0.1) is 22.7 Å². The Morgan fingerprint density at radius 1 is 0.500 bits per heavy atom. The summed E-state index contributed by atoms with van der Waals surface area (Å²) in [5, 5.41) is 24.4. The van der Waals surface area contributed by atoms with Crippen molar-refractivity contribution in [3.63, 3.8) is 0 Å². The van der Waals surface area contributed by atoms with E-state index in [1.807, 2.05) is 53.8 Å². The molecule has 42 heavy (non-hydrogen) atoms. The van der Waals surface area contributed by atoms with Crippen LogP contribution in [0.2, 0.25) is 0 Å². The van der Waals surface area contributed by atoms with Crippen LogP contribution in [0.25, 0.3) is 69.9 Å². The Morgan fingerprint density at radius 2 is 1.21 bits per heavy atom. The van der Waals surface area contributed by atoms with E-state index >= 15 is 0 Å². The predicted octanol–water partition coefficient (Wildman–Crippen LogP) is 10.2. The molecule has 0 N–H and O–H groups in total. The van der Waals surface area contributed by atoms with Crippen LogP contribution in [0.1, 0.15) is 11.1 Å². The van der Waals surface area contributed by atoms with E-state index in [-0.39, 0.29) is 0 Å². The Bertz CT molecular complexity index is 2430. The maximum atomic E-state index is 10.2. The summed E-state index contributed by atoms with van der Waals surface area (Å²) in [6, 6.07) is 48.4. The second-order valence-corrected chi connectivity index (χ2v) is 11.5. The summed E-state index contributed by atoms with van der Waals surface area (Å²) in [7, 11) is 0. The molecule has 0 spiro atoms. The molecule has 0 saturated heterocycles. The Morgan fingerprint density at radius 3 is 2.05 bits per heavy atom. The molecule has 0 bridgehead atoms. The highest BCUT2D eigenvalue weighted by atomic mass is 32.1. The number of para-hydroxylation sites is 2. The first kappa shape index (κ1) is 24.1. The van der Waals surface area contributed by atoms with Crippen molar-refractivity contribution in [2.45, 2.75) is 0 Å². The highest BCUT2D eigenvalue weighted by Gasteiger charge is 2.19. The Balaban J connectivity index is 1.30. The van der Waals surface area contributed by atoms with Gasteiger partial charge in [0.25, 0.3) is 0 Å². The summed E-state index contributed by atoms with van der Waals surface area (Å²) in [4.78, 5) is 0. The van der Waals surface area contributed by atoms with E-state index in [0.717, 1.165) is 44.2 Å². The van der Waals surface area contributed by atoms with E-state index in [2.05, 4.69) is 102 Å². The normalized spacial score (nSPS) is 11.3. The van der Waals surface area contributed by atoms with Crippen LogP contribution in [0.3, 0.4) is 0 Å². The highest BCUT2D eigenvalue weighted by molar-refractivity contribution is 7.25. The number of rotatable bonds is 3. The molecule has 4 heteroatoms. The molecule has 0 aliphatic heterocycles. The van der Waals surface area contributed by atoms with Crippen molar-refractivity contribution in [2.75, 3.05) is 0 Å². The minimum Gasteiger partial charge on any atom is -0.307 e. The highest BCUT2D eigenvalue weighted by Crippen LogP contribution is 2.40. The lowest BCUT2D eigenvalue weighted by Crippen LogP contribution is -2.00. The summed E-state index contributed by atoms with van der Waals surface area (Å²) >= 11 is 1.83. The molecule has 0 radical (unpaired) electrons. The van der Waals surface area contributed by atoms with Crippen molar-refractivity contribution in [3.8, 4) is 40.1 Å². The van der Waals surface area contributed by atoms with E-state index in [0.29, 0.717) is 11.1 Å². The first-order valence-electron chi connectivity index (χ1n) is 13.7. The lowest BCUT2D eigenvalue weighted by Gasteiger charge is -2.16. The molecule has 8 rings (SSSR count). The van der Waals surface area contributed by atoms with Gasteiger partial charge in [-0.05, 0) is 65.2 Å². The van der Waals surface area contributed by atoms with Gasteiger partial charge in [0, 0.05) is 36.5 Å². The van der Waals surface area contributed by atoms with Gasteiger partial charge >= 0.3 is 0 Å². The molecule has 0 unspecified atom stereocenters. The molecule has 3 nitrogen and oxygen atoms in total. The van der Waals surface area contributed by atoms with Crippen LogP contribution >= 0.6 is 11.3 Å². The largest absolute Gasteiger partial charge is 0.307 e. The molecule has 194 valence electrons. The molecular formula is C38H21N3S. The van der Waals surface area contributed by atoms with Crippen LogP contribution in [-0.2, 0) is 0 Å². The number of nitriles is 2. The van der Waals surface area contributed by atoms with Crippen molar-refractivity contribution < 1.29 is 0 Å². The van der Waals surface area contributed by atoms with E-state index in [1.54, 1.807) is 0 Å². The zero-order chi connectivity index (χ0) is 28.2. The molecule has 0 fully saturated rings. The number of fused-ring (bicyclic) bond motifs is 6. The second-order valence-electron chi connectivity index (χ2n) is 10.4. The third-order valence-corrected chi connectivity index (χ3v) is 9.24. The topological polar surface area (TPSA) is 52.5 Å². The predicted molar refractivity (Wildman–Crippen MR) is 174 cm³/mol. The van der Waals surface area contributed by atoms with Crippen molar-refractivity contribution in [1.29, 1.82) is 10.5 Å². The van der Waals surface area contributed by atoms with Crippen molar-refractivity contribution >= 4 is 53.3 Å². The van der Waals surface area contributed by atoms with Gasteiger partial charge in [0.05, 0.1) is 33.9 Å². The number of nitrogens with zero attached hydrogens (tertiary/aromatic N) is 3. The summed E-state index contributed by atoms with van der Waals surface area (Å²) in [5.41, 5.74) is 8.36. The molecule has 2 heterocycles. The van der Waals surface area contributed by atoms with Gasteiger partial charge in [-0.25, -0.2) is 0 Å². The van der Waals surface area contributed by atoms with Crippen molar-refractivity contribution in [1.82, 2.24) is 4.57 Å². The quantitative estimate of drug-likeness (QED) is 0.219. The van der Waals surface area contributed by atoms with Crippen LogP contribution in [-0.4, -0.2) is 4.57 Å². The van der Waals surface area contributed by atoms with Crippen LogP contribution in [0.5, 0.6) is 0 Å². The van der Waals surface area contributed by atoms with E-state index in [4.69, 9.17) is 0 Å². The molecule has 0 aliphatic rings. The third-order valence-electron chi connectivity index (χ3n) is 8.09. The van der Waals surface area contributed by atoms with Gasteiger partial charge in [0.15, 0.2) is 0 Å². The summed E-state index contributed by atoms with van der Waals surface area (Å²) in [6.45, 7) is 0. The van der Waals surface area contributed by atoms with Crippen molar-refractivity contribution in [2.24, 2.45) is 0 Å².